The zero-order valence-electron chi connectivity index (χ0n) is 14.6. The lowest BCUT2D eigenvalue weighted by molar-refractivity contribution is 0.416. The average molecular weight is 426 g/mol. The van der Waals surface area contributed by atoms with E-state index in [2.05, 4.69) is 34.9 Å². The molecule has 0 saturated heterocycles. The Balaban J connectivity index is 2.38. The van der Waals surface area contributed by atoms with Crippen molar-refractivity contribution in [2.45, 2.75) is 26.7 Å². The van der Waals surface area contributed by atoms with E-state index in [0.717, 1.165) is 21.4 Å². The Morgan fingerprint density at radius 2 is 2.04 bits per heavy atom. The Bertz CT molecular complexity index is 1040. The van der Waals surface area contributed by atoms with Gasteiger partial charge in [-0.15, -0.1) is 0 Å². The first-order chi connectivity index (χ1) is 11.8. The van der Waals surface area contributed by atoms with Crippen molar-refractivity contribution in [3.05, 3.63) is 43.3 Å². The molecule has 7 heteroatoms. The van der Waals surface area contributed by atoms with E-state index in [-0.39, 0.29) is 5.02 Å². The maximum Gasteiger partial charge on any atom is 0.355 e. The predicted molar refractivity (Wildman–Crippen MR) is 103 cm³/mol. The third-order valence-electron chi connectivity index (χ3n) is 4.26. The Kier molecular flexibility index (Phi) is 4.68. The highest BCUT2D eigenvalue weighted by Crippen LogP contribution is 2.43. The number of benzene rings is 1. The van der Waals surface area contributed by atoms with Crippen molar-refractivity contribution in [1.82, 2.24) is 9.78 Å². The van der Waals surface area contributed by atoms with Crippen molar-refractivity contribution >= 4 is 38.5 Å². The van der Waals surface area contributed by atoms with Gasteiger partial charge in [0, 0.05) is 18.3 Å². The molecule has 0 bridgehead atoms. The lowest BCUT2D eigenvalue weighted by atomic mass is 10.0. The molecule has 2 aromatic heterocycles. The lowest BCUT2D eigenvalue weighted by Gasteiger charge is -2.13. The molecule has 2 heterocycles. The summed E-state index contributed by atoms with van der Waals surface area (Å²) >= 11 is 9.67. The molecule has 0 spiro atoms. The molecule has 0 aliphatic heterocycles. The molecule has 0 saturated carbocycles. The van der Waals surface area contributed by atoms with Crippen molar-refractivity contribution in [1.29, 1.82) is 0 Å². The van der Waals surface area contributed by atoms with Gasteiger partial charge in [0.05, 0.1) is 22.7 Å². The summed E-state index contributed by atoms with van der Waals surface area (Å²) in [7, 11) is 3.48. The number of fused-ring (bicyclic) bond motifs is 1. The number of hydrogen-bond acceptors (Lipinski definition) is 4. The SMILES string of the molecule is COc1c(Br)c(-c2cc(C(C)C)n(C)n2)cc2oc(=O)c(Cl)c(C)c12. The normalized spacial score (nSPS) is 11.5. The minimum Gasteiger partial charge on any atom is -0.495 e. The second kappa shape index (κ2) is 6.50. The maximum absolute atomic E-state index is 12.0. The molecule has 0 amide bonds. The quantitative estimate of drug-likeness (QED) is 0.551. The smallest absolute Gasteiger partial charge is 0.355 e. The maximum atomic E-state index is 12.0. The molecule has 0 unspecified atom stereocenters. The summed E-state index contributed by atoms with van der Waals surface area (Å²) in [6.45, 7) is 6.00. The Hall–Kier alpha value is -1.79. The molecule has 25 heavy (non-hydrogen) atoms. The molecule has 132 valence electrons. The highest BCUT2D eigenvalue weighted by Gasteiger charge is 2.21. The number of halogens is 2. The number of nitrogens with zero attached hydrogens (tertiary/aromatic N) is 2. The highest BCUT2D eigenvalue weighted by molar-refractivity contribution is 9.10. The summed E-state index contributed by atoms with van der Waals surface area (Å²) in [5.74, 6) is 0.902. The zero-order chi connectivity index (χ0) is 18.5. The number of rotatable bonds is 3. The molecule has 3 aromatic rings. The van der Waals surface area contributed by atoms with Crippen LogP contribution in [0.5, 0.6) is 5.75 Å². The third-order valence-corrected chi connectivity index (χ3v) is 5.48. The van der Waals surface area contributed by atoms with Crippen LogP contribution in [-0.4, -0.2) is 16.9 Å². The summed E-state index contributed by atoms with van der Waals surface area (Å²) in [6.07, 6.45) is 0. The Labute approximate surface area is 158 Å². The number of aromatic nitrogens is 2. The van der Waals surface area contributed by atoms with Crippen molar-refractivity contribution in [2.75, 3.05) is 7.11 Å². The second-order valence-electron chi connectivity index (χ2n) is 6.21. The van der Waals surface area contributed by atoms with E-state index in [4.69, 9.17) is 20.8 Å². The van der Waals surface area contributed by atoms with Crippen LogP contribution in [-0.2, 0) is 7.05 Å². The number of hydrogen-bond donors (Lipinski definition) is 0. The van der Waals surface area contributed by atoms with Crippen LogP contribution >= 0.6 is 27.5 Å². The molecular formula is C18H18BrClN2O3. The Morgan fingerprint density at radius 1 is 1.36 bits per heavy atom. The summed E-state index contributed by atoms with van der Waals surface area (Å²) < 4.78 is 13.6. The molecule has 0 N–H and O–H groups in total. The summed E-state index contributed by atoms with van der Waals surface area (Å²) in [6, 6.07) is 3.82. The van der Waals surface area contributed by atoms with E-state index in [9.17, 15) is 4.79 Å². The van der Waals surface area contributed by atoms with Crippen LogP contribution in [0.4, 0.5) is 0 Å². The third kappa shape index (κ3) is 2.87. The van der Waals surface area contributed by atoms with Gasteiger partial charge in [-0.25, -0.2) is 4.79 Å². The summed E-state index contributed by atoms with van der Waals surface area (Å²) in [5.41, 5.74) is 3.14. The van der Waals surface area contributed by atoms with Gasteiger partial charge in [-0.05, 0) is 46.5 Å². The second-order valence-corrected chi connectivity index (χ2v) is 7.38. The molecule has 0 fully saturated rings. The van der Waals surface area contributed by atoms with Crippen molar-refractivity contribution in [2.24, 2.45) is 7.05 Å². The van der Waals surface area contributed by atoms with Gasteiger partial charge in [-0.3, -0.25) is 4.68 Å². The van der Waals surface area contributed by atoms with E-state index in [0.29, 0.717) is 28.2 Å². The summed E-state index contributed by atoms with van der Waals surface area (Å²) in [5, 5.41) is 5.32. The van der Waals surface area contributed by atoms with Crippen LogP contribution in [0.1, 0.15) is 31.0 Å². The first-order valence-electron chi connectivity index (χ1n) is 7.80. The molecule has 5 nitrogen and oxygen atoms in total. The fourth-order valence-electron chi connectivity index (χ4n) is 2.99. The van der Waals surface area contributed by atoms with Crippen molar-refractivity contribution in [3.8, 4) is 17.0 Å². The highest BCUT2D eigenvalue weighted by atomic mass is 79.9. The summed E-state index contributed by atoms with van der Waals surface area (Å²) in [4.78, 5) is 12.0. The molecule has 1 aromatic carbocycles. The standard InChI is InChI=1S/C18H18BrClN2O3/c1-8(2)12-7-11(21-22(12)4)10-6-13-14(17(24-5)15(10)19)9(3)16(20)18(23)25-13/h6-8H,1-5H3. The first kappa shape index (κ1) is 18.0. The van der Waals surface area contributed by atoms with Gasteiger partial charge in [0.25, 0.3) is 0 Å². The van der Waals surface area contributed by atoms with Gasteiger partial charge in [-0.2, -0.15) is 5.10 Å². The minimum absolute atomic E-state index is 0.0605. The largest absolute Gasteiger partial charge is 0.495 e. The average Bonchev–Trinajstić information content (AvgIpc) is 2.95. The van der Waals surface area contributed by atoms with Gasteiger partial charge in [-0.1, -0.05) is 25.4 Å². The number of aryl methyl sites for hydroxylation is 2. The van der Waals surface area contributed by atoms with Gasteiger partial charge in [0.1, 0.15) is 16.4 Å². The monoisotopic (exact) mass is 424 g/mol. The van der Waals surface area contributed by atoms with E-state index in [1.807, 2.05) is 17.8 Å². The first-order valence-corrected chi connectivity index (χ1v) is 8.97. The fourth-order valence-corrected chi connectivity index (χ4v) is 3.80. The topological polar surface area (TPSA) is 57.3 Å². The van der Waals surface area contributed by atoms with E-state index < -0.39 is 5.63 Å². The van der Waals surface area contributed by atoms with Gasteiger partial charge in [0.15, 0.2) is 0 Å². The predicted octanol–water partition coefficient (Wildman–Crippen LogP) is 5.05. The van der Waals surface area contributed by atoms with Crippen LogP contribution in [0.2, 0.25) is 5.02 Å². The van der Waals surface area contributed by atoms with Gasteiger partial charge in [0.2, 0.25) is 0 Å². The van der Waals surface area contributed by atoms with Crippen LogP contribution in [0, 0.1) is 6.92 Å². The fraction of sp³-hybridized carbons (Fsp3) is 0.333. The molecular weight excluding hydrogens is 408 g/mol. The van der Waals surface area contributed by atoms with Gasteiger partial charge < -0.3 is 9.15 Å². The van der Waals surface area contributed by atoms with E-state index >= 15 is 0 Å². The van der Waals surface area contributed by atoms with Crippen LogP contribution in [0.3, 0.4) is 0 Å². The van der Waals surface area contributed by atoms with Crippen LogP contribution in [0.25, 0.3) is 22.2 Å². The van der Waals surface area contributed by atoms with E-state index in [1.54, 1.807) is 20.1 Å². The van der Waals surface area contributed by atoms with E-state index in [1.165, 1.54) is 0 Å². The molecule has 3 rings (SSSR count). The number of methoxy groups -OCH3 is 1. The Morgan fingerprint density at radius 3 is 2.60 bits per heavy atom. The van der Waals surface area contributed by atoms with Crippen molar-refractivity contribution in [3.63, 3.8) is 0 Å². The molecule has 0 aliphatic rings. The van der Waals surface area contributed by atoms with Crippen LogP contribution < -0.4 is 10.4 Å². The lowest BCUT2D eigenvalue weighted by Crippen LogP contribution is -2.03. The zero-order valence-corrected chi connectivity index (χ0v) is 16.9. The molecule has 0 aliphatic carbocycles. The minimum atomic E-state index is -0.564. The van der Waals surface area contributed by atoms with Crippen LogP contribution in [0.15, 0.2) is 25.8 Å². The number of ether oxygens (including phenoxy) is 1. The van der Waals surface area contributed by atoms with Crippen molar-refractivity contribution < 1.29 is 9.15 Å². The van der Waals surface area contributed by atoms with Gasteiger partial charge >= 0.3 is 5.63 Å². The molecule has 0 radical (unpaired) electrons. The molecule has 0 atom stereocenters.